The predicted octanol–water partition coefficient (Wildman–Crippen LogP) is 1.69. The quantitative estimate of drug-likeness (QED) is 0.842. The highest BCUT2D eigenvalue weighted by Gasteiger charge is 2.37. The molecule has 6 nitrogen and oxygen atoms in total. The minimum Gasteiger partial charge on any atom is -0.491 e. The van der Waals surface area contributed by atoms with E-state index in [2.05, 4.69) is 0 Å². The van der Waals surface area contributed by atoms with Crippen LogP contribution < -0.4 is 9.64 Å². The molecule has 2 aliphatic rings. The minimum atomic E-state index is -0.262. The van der Waals surface area contributed by atoms with Crippen molar-refractivity contribution in [3.63, 3.8) is 0 Å². The summed E-state index contributed by atoms with van der Waals surface area (Å²) < 4.78 is 10.9. The molecule has 2 fully saturated rings. The van der Waals surface area contributed by atoms with E-state index in [1.807, 2.05) is 43.0 Å². The summed E-state index contributed by atoms with van der Waals surface area (Å²) in [4.78, 5) is 28.4. The van der Waals surface area contributed by atoms with Crippen LogP contribution in [0.1, 0.15) is 20.3 Å². The van der Waals surface area contributed by atoms with Crippen LogP contribution in [0.2, 0.25) is 0 Å². The maximum Gasteiger partial charge on any atom is 0.228 e. The normalized spacial score (nSPS) is 21.5. The average molecular weight is 332 g/mol. The van der Waals surface area contributed by atoms with Crippen molar-refractivity contribution in [1.29, 1.82) is 0 Å². The summed E-state index contributed by atoms with van der Waals surface area (Å²) in [5.41, 5.74) is 0.813. The monoisotopic (exact) mass is 332 g/mol. The number of carbonyl (C=O) groups is 2. The number of morpholine rings is 1. The van der Waals surface area contributed by atoms with Crippen molar-refractivity contribution in [2.24, 2.45) is 5.92 Å². The first-order valence-corrected chi connectivity index (χ1v) is 8.48. The van der Waals surface area contributed by atoms with Gasteiger partial charge in [0.2, 0.25) is 11.8 Å². The van der Waals surface area contributed by atoms with Crippen LogP contribution in [0.15, 0.2) is 24.3 Å². The molecule has 24 heavy (non-hydrogen) atoms. The third kappa shape index (κ3) is 3.70. The Morgan fingerprint density at radius 1 is 1.21 bits per heavy atom. The van der Waals surface area contributed by atoms with E-state index in [0.717, 1.165) is 11.4 Å². The van der Waals surface area contributed by atoms with E-state index >= 15 is 0 Å². The number of hydrogen-bond donors (Lipinski definition) is 0. The fourth-order valence-corrected chi connectivity index (χ4v) is 3.14. The second kappa shape index (κ2) is 7.21. The molecule has 0 radical (unpaired) electrons. The van der Waals surface area contributed by atoms with Crippen LogP contribution in [0.5, 0.6) is 5.75 Å². The first-order chi connectivity index (χ1) is 11.5. The third-order valence-electron chi connectivity index (χ3n) is 4.32. The molecule has 0 aromatic heterocycles. The Balaban J connectivity index is 1.65. The summed E-state index contributed by atoms with van der Waals surface area (Å²) in [6, 6.07) is 7.47. The third-order valence-corrected chi connectivity index (χ3v) is 4.32. The number of rotatable bonds is 4. The van der Waals surface area contributed by atoms with Gasteiger partial charge in [-0.3, -0.25) is 9.59 Å². The highest BCUT2D eigenvalue weighted by atomic mass is 16.5. The van der Waals surface area contributed by atoms with Crippen molar-refractivity contribution < 1.29 is 19.1 Å². The molecule has 2 aliphatic heterocycles. The summed E-state index contributed by atoms with van der Waals surface area (Å²) >= 11 is 0. The van der Waals surface area contributed by atoms with Gasteiger partial charge in [0.1, 0.15) is 5.75 Å². The molecule has 1 aromatic carbocycles. The van der Waals surface area contributed by atoms with E-state index in [-0.39, 0.29) is 30.3 Å². The van der Waals surface area contributed by atoms with Crippen molar-refractivity contribution in [3.8, 4) is 5.75 Å². The van der Waals surface area contributed by atoms with Gasteiger partial charge in [-0.2, -0.15) is 0 Å². The highest BCUT2D eigenvalue weighted by Crippen LogP contribution is 2.28. The molecule has 130 valence electrons. The van der Waals surface area contributed by atoms with Crippen LogP contribution in [-0.4, -0.2) is 55.7 Å². The van der Waals surface area contributed by atoms with Gasteiger partial charge in [0, 0.05) is 31.7 Å². The molecule has 0 N–H and O–H groups in total. The lowest BCUT2D eigenvalue weighted by atomic mass is 10.1. The van der Waals surface area contributed by atoms with Crippen LogP contribution in [0.25, 0.3) is 0 Å². The molecule has 1 atom stereocenters. The molecule has 6 heteroatoms. The van der Waals surface area contributed by atoms with Gasteiger partial charge >= 0.3 is 0 Å². The Morgan fingerprint density at radius 3 is 2.50 bits per heavy atom. The number of ether oxygens (including phenoxy) is 2. The molecular formula is C18H24N2O4. The number of nitrogens with zero attached hydrogens (tertiary/aromatic N) is 2. The Labute approximate surface area is 142 Å². The van der Waals surface area contributed by atoms with Gasteiger partial charge in [0.05, 0.1) is 25.2 Å². The maximum absolute atomic E-state index is 12.6. The summed E-state index contributed by atoms with van der Waals surface area (Å²) in [5.74, 6) is 0.580. The minimum absolute atomic E-state index is 0.000799. The first kappa shape index (κ1) is 16.8. The van der Waals surface area contributed by atoms with Crippen LogP contribution in [0.3, 0.4) is 0 Å². The second-order valence-electron chi connectivity index (χ2n) is 6.50. The maximum atomic E-state index is 12.6. The van der Waals surface area contributed by atoms with Gasteiger partial charge in [-0.05, 0) is 38.1 Å². The lowest BCUT2D eigenvalue weighted by molar-refractivity contribution is -0.139. The van der Waals surface area contributed by atoms with E-state index in [1.165, 1.54) is 0 Å². The Bertz CT molecular complexity index is 594. The smallest absolute Gasteiger partial charge is 0.228 e. The number of carbonyl (C=O) groups excluding carboxylic acids is 2. The van der Waals surface area contributed by atoms with Gasteiger partial charge in [-0.15, -0.1) is 0 Å². The number of amides is 2. The van der Waals surface area contributed by atoms with Crippen molar-refractivity contribution >= 4 is 17.5 Å². The average Bonchev–Trinajstić information content (AvgIpc) is 2.97. The zero-order chi connectivity index (χ0) is 17.1. The molecular weight excluding hydrogens is 308 g/mol. The van der Waals surface area contributed by atoms with E-state index in [9.17, 15) is 9.59 Å². The predicted molar refractivity (Wildman–Crippen MR) is 90.1 cm³/mol. The molecule has 1 aromatic rings. The molecule has 0 bridgehead atoms. The summed E-state index contributed by atoms with van der Waals surface area (Å²) in [6.45, 7) is 6.77. The standard InChI is InChI=1S/C18H24N2O4/c1-13(2)24-16-5-3-15(4-6-16)20-12-14(11-17(20)21)18(22)19-7-9-23-10-8-19/h3-6,13-14H,7-12H2,1-2H3/t14-/m1/s1. The molecule has 0 aliphatic carbocycles. The number of benzene rings is 1. The molecule has 0 saturated carbocycles. The largest absolute Gasteiger partial charge is 0.491 e. The van der Waals surface area contributed by atoms with E-state index in [1.54, 1.807) is 4.90 Å². The van der Waals surface area contributed by atoms with Crippen LogP contribution in [-0.2, 0) is 14.3 Å². The fraction of sp³-hybridized carbons (Fsp3) is 0.556. The summed E-state index contributed by atoms with van der Waals surface area (Å²) in [5, 5.41) is 0. The summed E-state index contributed by atoms with van der Waals surface area (Å²) in [7, 11) is 0. The fourth-order valence-electron chi connectivity index (χ4n) is 3.14. The second-order valence-corrected chi connectivity index (χ2v) is 6.50. The van der Waals surface area contributed by atoms with Crippen molar-refractivity contribution in [3.05, 3.63) is 24.3 Å². The van der Waals surface area contributed by atoms with Crippen LogP contribution in [0.4, 0.5) is 5.69 Å². The highest BCUT2D eigenvalue weighted by molar-refractivity contribution is 6.00. The van der Waals surface area contributed by atoms with Gasteiger partial charge < -0.3 is 19.3 Å². The van der Waals surface area contributed by atoms with E-state index < -0.39 is 0 Å². The van der Waals surface area contributed by atoms with Crippen molar-refractivity contribution in [2.45, 2.75) is 26.4 Å². The van der Waals surface area contributed by atoms with Crippen LogP contribution >= 0.6 is 0 Å². The lowest BCUT2D eigenvalue weighted by Crippen LogP contribution is -2.44. The Morgan fingerprint density at radius 2 is 1.88 bits per heavy atom. The molecule has 0 spiro atoms. The zero-order valence-corrected chi connectivity index (χ0v) is 14.2. The lowest BCUT2D eigenvalue weighted by Gasteiger charge is -2.29. The van der Waals surface area contributed by atoms with Gasteiger partial charge in [-0.25, -0.2) is 0 Å². The Hall–Kier alpha value is -2.08. The van der Waals surface area contributed by atoms with Gasteiger partial charge in [-0.1, -0.05) is 0 Å². The van der Waals surface area contributed by atoms with Crippen LogP contribution in [0, 0.1) is 5.92 Å². The van der Waals surface area contributed by atoms with E-state index in [4.69, 9.17) is 9.47 Å². The SMILES string of the molecule is CC(C)Oc1ccc(N2C[C@H](C(=O)N3CCOCC3)CC2=O)cc1. The topological polar surface area (TPSA) is 59.1 Å². The Kier molecular flexibility index (Phi) is 5.04. The zero-order valence-electron chi connectivity index (χ0n) is 14.2. The number of hydrogen-bond acceptors (Lipinski definition) is 4. The van der Waals surface area contributed by atoms with E-state index in [0.29, 0.717) is 32.8 Å². The van der Waals surface area contributed by atoms with Gasteiger partial charge in [0.15, 0.2) is 0 Å². The van der Waals surface area contributed by atoms with Gasteiger partial charge in [0.25, 0.3) is 0 Å². The molecule has 2 amide bonds. The molecule has 3 rings (SSSR count). The molecule has 2 saturated heterocycles. The molecule has 2 heterocycles. The summed E-state index contributed by atoms with van der Waals surface area (Å²) in [6.07, 6.45) is 0.389. The first-order valence-electron chi connectivity index (χ1n) is 8.48. The molecule has 0 unspecified atom stereocenters. The number of anilines is 1. The van der Waals surface area contributed by atoms with Crippen molar-refractivity contribution in [2.75, 3.05) is 37.7 Å². The van der Waals surface area contributed by atoms with Crippen molar-refractivity contribution in [1.82, 2.24) is 4.90 Å².